The molecule has 0 atom stereocenters. The quantitative estimate of drug-likeness (QED) is 0.494. The maximum absolute atomic E-state index is 13.4. The van der Waals surface area contributed by atoms with Crippen molar-refractivity contribution in [2.24, 2.45) is 17.8 Å². The van der Waals surface area contributed by atoms with Gasteiger partial charge in [-0.2, -0.15) is 5.10 Å². The molecule has 9 nitrogen and oxygen atoms in total. The van der Waals surface area contributed by atoms with Crippen molar-refractivity contribution in [3.8, 4) is 5.75 Å². The zero-order valence-corrected chi connectivity index (χ0v) is 19.6. The molecular formula is C25H31N5O4. The van der Waals surface area contributed by atoms with E-state index in [4.69, 9.17) is 4.74 Å². The molecule has 0 N–H and O–H groups in total. The molecule has 5 fully saturated rings. The highest BCUT2D eigenvalue weighted by Crippen LogP contribution is 2.58. The van der Waals surface area contributed by atoms with Gasteiger partial charge in [-0.25, -0.2) is 0 Å². The second kappa shape index (κ2) is 7.99. The van der Waals surface area contributed by atoms with E-state index < -0.39 is 4.92 Å². The van der Waals surface area contributed by atoms with Gasteiger partial charge in [0.05, 0.1) is 23.3 Å². The van der Waals surface area contributed by atoms with Crippen LogP contribution in [0.4, 0.5) is 11.4 Å². The number of nitrogens with zero attached hydrogens (tertiary/aromatic N) is 5. The Labute approximate surface area is 198 Å². The van der Waals surface area contributed by atoms with Gasteiger partial charge in [-0.05, 0) is 68.4 Å². The summed E-state index contributed by atoms with van der Waals surface area (Å²) in [7, 11) is 1.65. The molecule has 34 heavy (non-hydrogen) atoms. The molecule has 2 heterocycles. The summed E-state index contributed by atoms with van der Waals surface area (Å²) < 4.78 is 7.30. The Balaban J connectivity index is 1.23. The highest BCUT2D eigenvalue weighted by Gasteiger charge is 2.53. The van der Waals surface area contributed by atoms with E-state index in [9.17, 15) is 14.9 Å². The molecule has 2 aromatic rings. The summed E-state index contributed by atoms with van der Waals surface area (Å²) in [5.74, 6) is 2.53. The molecule has 5 aliphatic rings. The molecule has 1 amide bonds. The van der Waals surface area contributed by atoms with Gasteiger partial charge in [-0.1, -0.05) is 12.1 Å². The van der Waals surface area contributed by atoms with Crippen LogP contribution in [0.1, 0.15) is 49.0 Å². The summed E-state index contributed by atoms with van der Waals surface area (Å²) in [6, 6.07) is 7.83. The van der Waals surface area contributed by atoms with Gasteiger partial charge in [0.15, 0.2) is 0 Å². The van der Waals surface area contributed by atoms with Crippen molar-refractivity contribution in [3.63, 3.8) is 0 Å². The van der Waals surface area contributed by atoms with Gasteiger partial charge in [0.2, 0.25) is 5.69 Å². The van der Waals surface area contributed by atoms with Crippen molar-refractivity contribution in [1.82, 2.24) is 14.7 Å². The van der Waals surface area contributed by atoms with E-state index in [1.54, 1.807) is 18.2 Å². The average Bonchev–Trinajstić information content (AvgIpc) is 3.30. The van der Waals surface area contributed by atoms with Crippen LogP contribution in [-0.2, 0) is 5.54 Å². The van der Waals surface area contributed by atoms with E-state index >= 15 is 0 Å². The molecule has 4 aliphatic carbocycles. The summed E-state index contributed by atoms with van der Waals surface area (Å²) in [6.45, 7) is 2.24. The Morgan fingerprint density at radius 3 is 2.26 bits per heavy atom. The highest BCUT2D eigenvalue weighted by atomic mass is 16.6. The number of carbonyl (C=O) groups is 1. The Kier molecular flexibility index (Phi) is 5.04. The van der Waals surface area contributed by atoms with Crippen LogP contribution in [-0.4, -0.2) is 58.8 Å². The minimum Gasteiger partial charge on any atom is -0.495 e. The first-order valence-electron chi connectivity index (χ1n) is 12.4. The number of anilines is 1. The topological polar surface area (TPSA) is 93.7 Å². The minimum absolute atomic E-state index is 0.00788. The number of piperazine rings is 1. The summed E-state index contributed by atoms with van der Waals surface area (Å²) in [6.07, 6.45) is 8.49. The maximum atomic E-state index is 13.4. The summed E-state index contributed by atoms with van der Waals surface area (Å²) >= 11 is 0. The third-order valence-corrected chi connectivity index (χ3v) is 8.58. The second-order valence-electron chi connectivity index (χ2n) is 10.7. The number of hydrogen-bond donors (Lipinski definition) is 0. The largest absolute Gasteiger partial charge is 0.495 e. The lowest BCUT2D eigenvalue weighted by atomic mass is 9.53. The van der Waals surface area contributed by atoms with Crippen LogP contribution < -0.4 is 9.64 Å². The van der Waals surface area contributed by atoms with Crippen LogP contribution in [0, 0.1) is 27.9 Å². The lowest BCUT2D eigenvalue weighted by Crippen LogP contribution is -2.52. The van der Waals surface area contributed by atoms with E-state index in [-0.39, 0.29) is 22.8 Å². The zero-order valence-electron chi connectivity index (χ0n) is 19.6. The summed E-state index contributed by atoms with van der Waals surface area (Å²) in [5.41, 5.74) is 0.675. The minimum atomic E-state index is -0.442. The molecule has 7 rings (SSSR count). The summed E-state index contributed by atoms with van der Waals surface area (Å²) in [5, 5.41) is 16.6. The molecule has 0 spiro atoms. The van der Waals surface area contributed by atoms with Crippen molar-refractivity contribution in [3.05, 3.63) is 46.3 Å². The number of benzene rings is 1. The smallest absolute Gasteiger partial charge is 0.320 e. The molecule has 1 saturated heterocycles. The number of aromatic nitrogens is 2. The number of carbonyl (C=O) groups excluding carboxylic acids is 1. The van der Waals surface area contributed by atoms with Gasteiger partial charge in [-0.3, -0.25) is 19.6 Å². The third-order valence-electron chi connectivity index (χ3n) is 8.58. The number of rotatable bonds is 5. The summed E-state index contributed by atoms with van der Waals surface area (Å²) in [4.78, 5) is 28.8. The first kappa shape index (κ1) is 21.4. The van der Waals surface area contributed by atoms with Gasteiger partial charge >= 0.3 is 5.69 Å². The van der Waals surface area contributed by atoms with E-state index in [0.29, 0.717) is 43.9 Å². The Morgan fingerprint density at radius 2 is 1.68 bits per heavy atom. The Hall–Kier alpha value is -3.10. The van der Waals surface area contributed by atoms with Crippen LogP contribution in [0.2, 0.25) is 0 Å². The van der Waals surface area contributed by atoms with E-state index in [1.807, 2.05) is 28.9 Å². The van der Waals surface area contributed by atoms with Crippen LogP contribution >= 0.6 is 0 Å². The van der Waals surface area contributed by atoms with Crippen molar-refractivity contribution in [2.45, 2.75) is 44.1 Å². The van der Waals surface area contributed by atoms with Crippen LogP contribution in [0.3, 0.4) is 0 Å². The van der Waals surface area contributed by atoms with Crippen molar-refractivity contribution in [1.29, 1.82) is 0 Å². The zero-order chi connectivity index (χ0) is 23.4. The number of ether oxygens (including phenoxy) is 1. The van der Waals surface area contributed by atoms with E-state index in [1.165, 1.54) is 19.3 Å². The molecule has 1 aliphatic heterocycles. The average molecular weight is 466 g/mol. The normalized spacial score (nSPS) is 30.0. The molecule has 0 unspecified atom stereocenters. The van der Waals surface area contributed by atoms with Gasteiger partial charge in [0.1, 0.15) is 11.9 Å². The van der Waals surface area contributed by atoms with Crippen molar-refractivity contribution in [2.75, 3.05) is 38.2 Å². The maximum Gasteiger partial charge on any atom is 0.320 e. The number of methoxy groups -OCH3 is 1. The molecule has 4 bridgehead atoms. The van der Waals surface area contributed by atoms with Crippen LogP contribution in [0.25, 0.3) is 0 Å². The molecule has 1 aromatic carbocycles. The Morgan fingerprint density at radius 1 is 1.06 bits per heavy atom. The SMILES string of the molecule is COc1ccccc1N1CCN(C(=O)c2nn(C34CC5CC(CC(C5)C3)C4)cc2[N+](=O)[O-])CC1. The lowest BCUT2D eigenvalue weighted by Gasteiger charge is -2.56. The fourth-order valence-electron chi connectivity index (χ4n) is 7.43. The van der Waals surface area contributed by atoms with Gasteiger partial charge < -0.3 is 14.5 Å². The molecule has 1 aromatic heterocycles. The highest BCUT2D eigenvalue weighted by molar-refractivity contribution is 5.96. The molecule has 180 valence electrons. The standard InChI is InChI=1S/C25H31N5O4/c1-34-22-5-3-2-4-20(22)27-6-8-28(9-7-27)24(31)23-21(30(32)33)16-29(26-23)25-13-17-10-18(14-25)12-19(11-17)15-25/h2-5,16-19H,6-15H2,1H3. The fraction of sp³-hybridized carbons (Fsp3) is 0.600. The molecular weight excluding hydrogens is 434 g/mol. The molecule has 0 radical (unpaired) electrons. The van der Waals surface area contributed by atoms with Gasteiger partial charge in [-0.15, -0.1) is 0 Å². The second-order valence-corrected chi connectivity index (χ2v) is 10.7. The lowest BCUT2D eigenvalue weighted by molar-refractivity contribution is -0.385. The van der Waals surface area contributed by atoms with Crippen molar-refractivity contribution < 1.29 is 14.5 Å². The van der Waals surface area contributed by atoms with Crippen LogP contribution in [0.15, 0.2) is 30.5 Å². The molecule has 9 heteroatoms. The number of para-hydroxylation sites is 2. The van der Waals surface area contributed by atoms with E-state index in [0.717, 1.165) is 30.7 Å². The predicted molar refractivity (Wildman–Crippen MR) is 126 cm³/mol. The van der Waals surface area contributed by atoms with Gasteiger partial charge in [0, 0.05) is 26.2 Å². The third kappa shape index (κ3) is 3.44. The van der Waals surface area contributed by atoms with E-state index in [2.05, 4.69) is 10.00 Å². The predicted octanol–water partition coefficient (Wildman–Crippen LogP) is 3.69. The monoisotopic (exact) mass is 465 g/mol. The number of amides is 1. The van der Waals surface area contributed by atoms with Crippen molar-refractivity contribution >= 4 is 17.3 Å². The fourth-order valence-corrected chi connectivity index (χ4v) is 7.43. The number of nitro groups is 1. The van der Waals surface area contributed by atoms with Crippen LogP contribution in [0.5, 0.6) is 5.75 Å². The molecule has 4 saturated carbocycles. The first-order valence-corrected chi connectivity index (χ1v) is 12.4. The number of hydrogen-bond acceptors (Lipinski definition) is 6. The first-order chi connectivity index (χ1) is 16.5. The Bertz CT molecular complexity index is 1080. The van der Waals surface area contributed by atoms with Gasteiger partial charge in [0.25, 0.3) is 5.91 Å².